The second kappa shape index (κ2) is 3.20. The van der Waals surface area contributed by atoms with Crippen LogP contribution >= 0.6 is 0 Å². The first-order valence-electron chi connectivity index (χ1n) is 4.77. The first kappa shape index (κ1) is 8.17. The average Bonchev–Trinajstić information content (AvgIpc) is 2.82. The second-order valence-corrected chi connectivity index (χ2v) is 3.32. The molecule has 3 heteroatoms. The second-order valence-electron chi connectivity index (χ2n) is 3.32. The molecule has 0 saturated carbocycles. The Hall–Kier alpha value is -2.16. The quantitative estimate of drug-likeness (QED) is 0.597. The highest BCUT2D eigenvalue weighted by atomic mass is 14.9. The smallest absolute Gasteiger partial charge is 0.0907 e. The number of fused-ring (bicyclic) bond motifs is 1. The summed E-state index contributed by atoms with van der Waals surface area (Å²) in [7, 11) is 0. The molecular formula is C12H9N3. The van der Waals surface area contributed by atoms with Gasteiger partial charge in [0.1, 0.15) is 0 Å². The minimum Gasteiger partial charge on any atom is -0.324 e. The van der Waals surface area contributed by atoms with Crippen molar-refractivity contribution in [3.8, 4) is 5.69 Å². The predicted octanol–water partition coefficient (Wildman–Crippen LogP) is 2.42. The largest absolute Gasteiger partial charge is 0.324 e. The van der Waals surface area contributed by atoms with Gasteiger partial charge < -0.3 is 4.57 Å². The van der Waals surface area contributed by atoms with Crippen molar-refractivity contribution in [1.29, 1.82) is 0 Å². The molecule has 72 valence electrons. The van der Waals surface area contributed by atoms with Crippen LogP contribution in [0.4, 0.5) is 0 Å². The average molecular weight is 195 g/mol. The van der Waals surface area contributed by atoms with Crippen molar-refractivity contribution < 1.29 is 0 Å². The highest BCUT2D eigenvalue weighted by molar-refractivity contribution is 5.76. The fraction of sp³-hybridized carbons (Fsp3) is 0. The Morgan fingerprint density at radius 1 is 0.867 bits per heavy atom. The lowest BCUT2D eigenvalue weighted by Gasteiger charge is -2.03. The maximum Gasteiger partial charge on any atom is 0.0907 e. The number of hydrogen-bond donors (Lipinski definition) is 0. The van der Waals surface area contributed by atoms with Crippen molar-refractivity contribution in [3.63, 3.8) is 0 Å². The van der Waals surface area contributed by atoms with Crippen LogP contribution in [0, 0.1) is 0 Å². The Morgan fingerprint density at radius 2 is 1.60 bits per heavy atom. The van der Waals surface area contributed by atoms with Crippen molar-refractivity contribution in [1.82, 2.24) is 14.5 Å². The number of aromatic nitrogens is 3. The van der Waals surface area contributed by atoms with E-state index >= 15 is 0 Å². The Labute approximate surface area is 87.0 Å². The van der Waals surface area contributed by atoms with Crippen molar-refractivity contribution in [2.24, 2.45) is 0 Å². The van der Waals surface area contributed by atoms with E-state index in [1.54, 1.807) is 12.4 Å². The molecule has 0 aliphatic heterocycles. The van der Waals surface area contributed by atoms with Gasteiger partial charge in [-0.25, -0.2) is 0 Å². The molecule has 2 aromatic heterocycles. The number of rotatable bonds is 1. The molecule has 0 aliphatic carbocycles. The van der Waals surface area contributed by atoms with Crippen LogP contribution in [-0.4, -0.2) is 14.5 Å². The van der Waals surface area contributed by atoms with Gasteiger partial charge >= 0.3 is 0 Å². The molecule has 0 bridgehead atoms. The number of benzene rings is 1. The van der Waals surface area contributed by atoms with Crippen LogP contribution in [0.3, 0.4) is 0 Å². The van der Waals surface area contributed by atoms with Crippen molar-refractivity contribution in [3.05, 3.63) is 55.1 Å². The third-order valence-corrected chi connectivity index (χ3v) is 2.36. The zero-order valence-electron chi connectivity index (χ0n) is 8.04. The zero-order valence-corrected chi connectivity index (χ0v) is 8.04. The van der Waals surface area contributed by atoms with Crippen LogP contribution in [0.5, 0.6) is 0 Å². The van der Waals surface area contributed by atoms with Crippen LogP contribution in [0.15, 0.2) is 55.1 Å². The number of hydrogen-bond acceptors (Lipinski definition) is 2. The van der Waals surface area contributed by atoms with Crippen molar-refractivity contribution in [2.45, 2.75) is 0 Å². The summed E-state index contributed by atoms with van der Waals surface area (Å²) in [4.78, 5) is 8.51. The van der Waals surface area contributed by atoms with E-state index in [4.69, 9.17) is 0 Å². The monoisotopic (exact) mass is 195 g/mol. The predicted molar refractivity (Wildman–Crippen MR) is 58.9 cm³/mol. The lowest BCUT2D eigenvalue weighted by molar-refractivity contribution is 1.08. The van der Waals surface area contributed by atoms with Gasteiger partial charge in [-0.05, 0) is 30.3 Å². The van der Waals surface area contributed by atoms with Gasteiger partial charge in [0.25, 0.3) is 0 Å². The molecule has 0 fully saturated rings. The van der Waals surface area contributed by atoms with Gasteiger partial charge in [-0.3, -0.25) is 9.97 Å². The van der Waals surface area contributed by atoms with Gasteiger partial charge in [0.05, 0.1) is 11.0 Å². The lowest BCUT2D eigenvalue weighted by atomic mass is 10.2. The summed E-state index contributed by atoms with van der Waals surface area (Å²) in [6.07, 6.45) is 7.44. The van der Waals surface area contributed by atoms with Crippen molar-refractivity contribution >= 4 is 11.0 Å². The molecule has 0 radical (unpaired) electrons. The highest BCUT2D eigenvalue weighted by Gasteiger charge is 1.98. The Balaban J connectivity index is 2.22. The summed E-state index contributed by atoms with van der Waals surface area (Å²) in [6.45, 7) is 0. The van der Waals surface area contributed by atoms with E-state index in [0.29, 0.717) is 0 Å². The van der Waals surface area contributed by atoms with Gasteiger partial charge in [-0.1, -0.05) is 0 Å². The van der Waals surface area contributed by atoms with E-state index < -0.39 is 0 Å². The van der Waals surface area contributed by atoms with E-state index in [9.17, 15) is 0 Å². The molecule has 3 nitrogen and oxygen atoms in total. The first-order chi connectivity index (χ1) is 7.43. The first-order valence-corrected chi connectivity index (χ1v) is 4.77. The molecule has 15 heavy (non-hydrogen) atoms. The zero-order chi connectivity index (χ0) is 10.1. The third kappa shape index (κ3) is 1.38. The van der Waals surface area contributed by atoms with E-state index in [1.807, 2.05) is 47.3 Å². The van der Waals surface area contributed by atoms with Gasteiger partial charge in [0.15, 0.2) is 0 Å². The van der Waals surface area contributed by atoms with E-state index in [0.717, 1.165) is 16.7 Å². The molecule has 3 aromatic rings. The van der Waals surface area contributed by atoms with Crippen LogP contribution in [0.2, 0.25) is 0 Å². The maximum atomic E-state index is 4.28. The van der Waals surface area contributed by atoms with Gasteiger partial charge in [-0.15, -0.1) is 0 Å². The molecule has 0 N–H and O–H groups in total. The SMILES string of the molecule is c1ccn(-c2ccc3nccnc3c2)c1. The summed E-state index contributed by atoms with van der Waals surface area (Å²) in [5, 5.41) is 0. The fourth-order valence-corrected chi connectivity index (χ4v) is 1.62. The molecule has 0 unspecified atom stereocenters. The topological polar surface area (TPSA) is 30.7 Å². The van der Waals surface area contributed by atoms with Crippen LogP contribution in [-0.2, 0) is 0 Å². The van der Waals surface area contributed by atoms with Gasteiger partial charge in [0, 0.05) is 30.5 Å². The molecule has 0 aliphatic rings. The summed E-state index contributed by atoms with van der Waals surface area (Å²) in [6, 6.07) is 10.1. The summed E-state index contributed by atoms with van der Waals surface area (Å²) in [5.41, 5.74) is 2.95. The highest BCUT2D eigenvalue weighted by Crippen LogP contribution is 2.14. The minimum atomic E-state index is 0.920. The number of nitrogens with zero attached hydrogens (tertiary/aromatic N) is 3. The molecule has 0 spiro atoms. The minimum absolute atomic E-state index is 0.920. The summed E-state index contributed by atoms with van der Waals surface area (Å²) < 4.78 is 2.05. The molecule has 0 amide bonds. The molecule has 1 aromatic carbocycles. The molecule has 0 atom stereocenters. The molecule has 0 saturated heterocycles. The van der Waals surface area contributed by atoms with Crippen LogP contribution in [0.1, 0.15) is 0 Å². The molecule has 3 rings (SSSR count). The van der Waals surface area contributed by atoms with Crippen LogP contribution < -0.4 is 0 Å². The van der Waals surface area contributed by atoms with Gasteiger partial charge in [0.2, 0.25) is 0 Å². The van der Waals surface area contributed by atoms with Gasteiger partial charge in [-0.2, -0.15) is 0 Å². The van der Waals surface area contributed by atoms with Crippen molar-refractivity contribution in [2.75, 3.05) is 0 Å². The van der Waals surface area contributed by atoms with E-state index in [-0.39, 0.29) is 0 Å². The van der Waals surface area contributed by atoms with E-state index in [1.165, 1.54) is 0 Å². The van der Waals surface area contributed by atoms with Crippen LogP contribution in [0.25, 0.3) is 16.7 Å². The Morgan fingerprint density at radius 3 is 2.40 bits per heavy atom. The van der Waals surface area contributed by atoms with E-state index in [2.05, 4.69) is 9.97 Å². The fourth-order valence-electron chi connectivity index (χ4n) is 1.62. The summed E-state index contributed by atoms with van der Waals surface area (Å²) in [5.74, 6) is 0. The lowest BCUT2D eigenvalue weighted by Crippen LogP contribution is -1.90. The normalized spacial score (nSPS) is 10.7. The Bertz CT molecular complexity index is 585. The maximum absolute atomic E-state index is 4.28. The Kier molecular flexibility index (Phi) is 1.75. The summed E-state index contributed by atoms with van der Waals surface area (Å²) >= 11 is 0. The molecular weight excluding hydrogens is 186 g/mol. The standard InChI is InChI=1S/C12H9N3/c1-2-8-15(7-1)10-3-4-11-12(9-10)14-6-5-13-11/h1-9H. The third-order valence-electron chi connectivity index (χ3n) is 2.36. The molecule has 2 heterocycles.